The molecular weight excluding hydrogens is 258 g/mol. The van der Waals surface area contributed by atoms with Crippen molar-refractivity contribution in [2.75, 3.05) is 11.4 Å². The number of thiocarbonyl (C=S) groups is 1. The van der Waals surface area contributed by atoms with Crippen molar-refractivity contribution in [3.63, 3.8) is 0 Å². The van der Waals surface area contributed by atoms with E-state index >= 15 is 0 Å². The third-order valence-corrected chi connectivity index (χ3v) is 3.18. The Kier molecular flexibility index (Phi) is 6.08. The summed E-state index contributed by atoms with van der Waals surface area (Å²) >= 11 is 4.93. The molecule has 0 saturated heterocycles. The summed E-state index contributed by atoms with van der Waals surface area (Å²) in [6, 6.07) is 0.285. The first-order chi connectivity index (χ1) is 8.99. The Balaban J connectivity index is 2.99. The number of aromatic nitrogens is 3. The number of aryl methyl sites for hydroxylation is 2. The van der Waals surface area contributed by atoms with Crippen LogP contribution in [0.15, 0.2) is 0 Å². The van der Waals surface area contributed by atoms with E-state index in [1.54, 1.807) is 0 Å². The van der Waals surface area contributed by atoms with Crippen LogP contribution in [0, 0.1) is 0 Å². The van der Waals surface area contributed by atoms with Gasteiger partial charge in [-0.1, -0.05) is 26.1 Å². The molecular formula is C13H23N5S. The van der Waals surface area contributed by atoms with Gasteiger partial charge >= 0.3 is 0 Å². The quantitative estimate of drug-likeness (QED) is 0.770. The van der Waals surface area contributed by atoms with Gasteiger partial charge in [0, 0.05) is 19.0 Å². The first-order valence-electron chi connectivity index (χ1n) is 6.76. The maximum absolute atomic E-state index is 5.57. The van der Waals surface area contributed by atoms with Crippen LogP contribution in [0.2, 0.25) is 0 Å². The van der Waals surface area contributed by atoms with Crippen LogP contribution in [0.3, 0.4) is 0 Å². The second kappa shape index (κ2) is 7.33. The van der Waals surface area contributed by atoms with Crippen molar-refractivity contribution < 1.29 is 0 Å². The third kappa shape index (κ3) is 4.38. The maximum atomic E-state index is 5.57. The second-order valence-electron chi connectivity index (χ2n) is 4.72. The highest BCUT2D eigenvalue weighted by molar-refractivity contribution is 7.80. The van der Waals surface area contributed by atoms with Gasteiger partial charge in [-0.15, -0.1) is 5.10 Å². The number of nitrogens with two attached hydrogens (primary N) is 1. The van der Waals surface area contributed by atoms with E-state index in [2.05, 4.69) is 47.8 Å². The standard InChI is InChI=1S/C13H23N5S/c1-5-10-11(6-2)16-17-13(15-10)18(9(3)4)8-7-12(14)19/h9H,5-8H2,1-4H3,(H2,14,19). The Bertz CT molecular complexity index is 433. The van der Waals surface area contributed by atoms with Crippen molar-refractivity contribution in [3.8, 4) is 0 Å². The number of nitrogens with zero attached hydrogens (tertiary/aromatic N) is 4. The Morgan fingerprint density at radius 2 is 1.84 bits per heavy atom. The molecule has 5 nitrogen and oxygen atoms in total. The van der Waals surface area contributed by atoms with Crippen molar-refractivity contribution in [3.05, 3.63) is 11.4 Å². The highest BCUT2D eigenvalue weighted by Gasteiger charge is 2.16. The Morgan fingerprint density at radius 1 is 1.21 bits per heavy atom. The number of rotatable bonds is 7. The van der Waals surface area contributed by atoms with Gasteiger partial charge in [-0.25, -0.2) is 4.98 Å². The highest BCUT2D eigenvalue weighted by Crippen LogP contribution is 2.14. The molecule has 0 fully saturated rings. The van der Waals surface area contributed by atoms with Gasteiger partial charge in [-0.2, -0.15) is 5.10 Å². The van der Waals surface area contributed by atoms with Crippen molar-refractivity contribution in [1.29, 1.82) is 0 Å². The lowest BCUT2D eigenvalue weighted by Gasteiger charge is -2.26. The normalized spacial score (nSPS) is 10.8. The molecule has 1 aromatic heterocycles. The molecule has 0 atom stereocenters. The van der Waals surface area contributed by atoms with Crippen LogP contribution in [0.25, 0.3) is 0 Å². The number of hydrogen-bond donors (Lipinski definition) is 1. The molecule has 1 heterocycles. The van der Waals surface area contributed by atoms with E-state index in [0.29, 0.717) is 17.4 Å². The van der Waals surface area contributed by atoms with Crippen LogP contribution in [0.4, 0.5) is 5.95 Å². The molecule has 0 aliphatic heterocycles. The lowest BCUT2D eigenvalue weighted by atomic mass is 10.2. The van der Waals surface area contributed by atoms with Gasteiger partial charge in [0.1, 0.15) is 0 Å². The summed E-state index contributed by atoms with van der Waals surface area (Å²) in [5, 5.41) is 8.52. The van der Waals surface area contributed by atoms with Gasteiger partial charge in [-0.05, 0) is 26.7 Å². The monoisotopic (exact) mass is 281 g/mol. The molecule has 0 unspecified atom stereocenters. The predicted octanol–water partition coefficient (Wildman–Crippen LogP) is 1.89. The van der Waals surface area contributed by atoms with Crippen LogP contribution in [-0.2, 0) is 12.8 Å². The Hall–Kier alpha value is -1.30. The molecule has 0 aliphatic carbocycles. The van der Waals surface area contributed by atoms with Crippen molar-refractivity contribution in [2.45, 2.75) is 53.0 Å². The largest absolute Gasteiger partial charge is 0.393 e. The van der Waals surface area contributed by atoms with E-state index in [1.165, 1.54) is 0 Å². The topological polar surface area (TPSA) is 67.9 Å². The fourth-order valence-electron chi connectivity index (χ4n) is 1.87. The van der Waals surface area contributed by atoms with Crippen molar-refractivity contribution >= 4 is 23.2 Å². The molecule has 19 heavy (non-hydrogen) atoms. The predicted molar refractivity (Wildman–Crippen MR) is 82.5 cm³/mol. The molecule has 106 valence electrons. The van der Waals surface area contributed by atoms with Crippen LogP contribution < -0.4 is 10.6 Å². The van der Waals surface area contributed by atoms with Gasteiger partial charge in [0.05, 0.1) is 16.4 Å². The fraction of sp³-hybridized carbons (Fsp3) is 0.692. The average molecular weight is 281 g/mol. The van der Waals surface area contributed by atoms with Crippen molar-refractivity contribution in [2.24, 2.45) is 5.73 Å². The van der Waals surface area contributed by atoms with Crippen LogP contribution in [-0.4, -0.2) is 32.8 Å². The summed E-state index contributed by atoms with van der Waals surface area (Å²) in [5.74, 6) is 0.667. The third-order valence-electron chi connectivity index (χ3n) is 2.98. The molecule has 0 bridgehead atoms. The van der Waals surface area contributed by atoms with Crippen molar-refractivity contribution in [1.82, 2.24) is 15.2 Å². The number of anilines is 1. The molecule has 0 amide bonds. The van der Waals surface area contributed by atoms with Crippen LogP contribution in [0.5, 0.6) is 0 Å². The lowest BCUT2D eigenvalue weighted by Crippen LogP contribution is -2.35. The smallest absolute Gasteiger partial charge is 0.245 e. The van der Waals surface area contributed by atoms with E-state index in [0.717, 1.165) is 30.8 Å². The Labute approximate surface area is 120 Å². The first kappa shape index (κ1) is 15.8. The van der Waals surface area contributed by atoms with Gasteiger partial charge in [0.2, 0.25) is 5.95 Å². The first-order valence-corrected chi connectivity index (χ1v) is 7.17. The van der Waals surface area contributed by atoms with Gasteiger partial charge in [-0.3, -0.25) is 0 Å². The van der Waals surface area contributed by atoms with E-state index in [9.17, 15) is 0 Å². The average Bonchev–Trinajstić information content (AvgIpc) is 2.37. The zero-order valence-electron chi connectivity index (χ0n) is 12.2. The molecule has 0 radical (unpaired) electrons. The molecule has 2 N–H and O–H groups in total. The van der Waals surface area contributed by atoms with E-state index in [4.69, 9.17) is 18.0 Å². The molecule has 0 aromatic carbocycles. The summed E-state index contributed by atoms with van der Waals surface area (Å²) in [4.78, 5) is 7.23. The van der Waals surface area contributed by atoms with E-state index in [-0.39, 0.29) is 6.04 Å². The summed E-state index contributed by atoms with van der Waals surface area (Å²) in [6.07, 6.45) is 2.39. The zero-order valence-corrected chi connectivity index (χ0v) is 13.0. The van der Waals surface area contributed by atoms with Gasteiger partial charge in [0.15, 0.2) is 0 Å². The molecule has 0 aliphatic rings. The highest BCUT2D eigenvalue weighted by atomic mass is 32.1. The molecule has 6 heteroatoms. The van der Waals surface area contributed by atoms with Gasteiger partial charge < -0.3 is 10.6 Å². The molecule has 0 saturated carbocycles. The Morgan fingerprint density at radius 3 is 2.32 bits per heavy atom. The minimum Gasteiger partial charge on any atom is -0.393 e. The minimum absolute atomic E-state index is 0.285. The minimum atomic E-state index is 0.285. The van der Waals surface area contributed by atoms with Crippen LogP contribution in [0.1, 0.15) is 45.5 Å². The SMILES string of the molecule is CCc1nnc(N(CCC(N)=S)C(C)C)nc1CC. The molecule has 1 aromatic rings. The zero-order chi connectivity index (χ0) is 14.4. The lowest BCUT2D eigenvalue weighted by molar-refractivity contribution is 0.651. The van der Waals surface area contributed by atoms with Crippen LogP contribution >= 0.6 is 12.2 Å². The van der Waals surface area contributed by atoms with E-state index < -0.39 is 0 Å². The van der Waals surface area contributed by atoms with Gasteiger partial charge in [0.25, 0.3) is 0 Å². The summed E-state index contributed by atoms with van der Waals surface area (Å²) in [5.41, 5.74) is 7.57. The summed E-state index contributed by atoms with van der Waals surface area (Å²) in [6.45, 7) is 9.08. The maximum Gasteiger partial charge on any atom is 0.245 e. The molecule has 1 rings (SSSR count). The summed E-state index contributed by atoms with van der Waals surface area (Å²) in [7, 11) is 0. The van der Waals surface area contributed by atoms with E-state index in [1.807, 2.05) is 0 Å². The number of hydrogen-bond acceptors (Lipinski definition) is 5. The fourth-order valence-corrected chi connectivity index (χ4v) is 1.96. The molecule has 0 spiro atoms. The second-order valence-corrected chi connectivity index (χ2v) is 5.24. The summed E-state index contributed by atoms with van der Waals surface area (Å²) < 4.78 is 0.